The number of nitrogens with one attached hydrogen (secondary N) is 2. The number of amides is 2. The number of rotatable bonds is 11. The van der Waals surface area contributed by atoms with Crippen LogP contribution in [0.3, 0.4) is 0 Å². The van der Waals surface area contributed by atoms with Crippen molar-refractivity contribution in [1.29, 1.82) is 0 Å². The van der Waals surface area contributed by atoms with Gasteiger partial charge in [0.2, 0.25) is 0 Å². The highest BCUT2D eigenvalue weighted by Gasteiger charge is 2.22. The fourth-order valence-electron chi connectivity index (χ4n) is 2.85. The van der Waals surface area contributed by atoms with Gasteiger partial charge in [-0.1, -0.05) is 37.3 Å². The first-order valence-corrected chi connectivity index (χ1v) is 10.2. The van der Waals surface area contributed by atoms with Gasteiger partial charge in [0.15, 0.2) is 0 Å². The summed E-state index contributed by atoms with van der Waals surface area (Å²) in [5.41, 5.74) is 2.78. The van der Waals surface area contributed by atoms with E-state index in [1.54, 1.807) is 67.8 Å². The second kappa shape index (κ2) is 13.6. The molecule has 33 heavy (non-hydrogen) atoms. The van der Waals surface area contributed by atoms with Crippen LogP contribution in [-0.2, 0) is 9.53 Å². The van der Waals surface area contributed by atoms with Crippen LogP contribution in [0.1, 0.15) is 18.6 Å². The van der Waals surface area contributed by atoms with Gasteiger partial charge in [-0.3, -0.25) is 15.3 Å². The molecule has 0 heterocycles. The molecule has 9 nitrogen and oxygen atoms in total. The molecule has 0 aliphatic carbocycles. The zero-order valence-corrected chi connectivity index (χ0v) is 18.4. The number of aliphatic hydroxyl groups excluding tert-OH is 1. The van der Waals surface area contributed by atoms with Gasteiger partial charge in [0.1, 0.15) is 24.2 Å². The minimum Gasteiger partial charge on any atom is -0.497 e. The lowest BCUT2D eigenvalue weighted by Crippen LogP contribution is -2.21. The maximum Gasteiger partial charge on any atom is 0.412 e. The molecule has 0 unspecified atom stereocenters. The molecule has 2 aromatic carbocycles. The van der Waals surface area contributed by atoms with Crippen LogP contribution in [0.2, 0.25) is 0 Å². The predicted octanol–water partition coefficient (Wildman–Crippen LogP) is 3.61. The Labute approximate surface area is 192 Å². The smallest absolute Gasteiger partial charge is 0.412 e. The lowest BCUT2D eigenvalue weighted by molar-refractivity contribution is -0.124. The van der Waals surface area contributed by atoms with E-state index in [1.165, 1.54) is 11.6 Å². The summed E-state index contributed by atoms with van der Waals surface area (Å²) < 4.78 is 16.2. The maximum absolute atomic E-state index is 12.6. The Hall–Kier alpha value is -3.82. The van der Waals surface area contributed by atoms with E-state index in [9.17, 15) is 9.59 Å². The highest BCUT2D eigenvalue weighted by atomic mass is 16.6. The molecule has 2 atom stereocenters. The van der Waals surface area contributed by atoms with Gasteiger partial charge < -0.3 is 19.3 Å². The average Bonchev–Trinajstić information content (AvgIpc) is 2.84. The van der Waals surface area contributed by atoms with Crippen molar-refractivity contribution in [2.24, 2.45) is 5.92 Å². The summed E-state index contributed by atoms with van der Waals surface area (Å²) in [5.74, 6) is 0.322. The molecular weight excluding hydrogens is 428 g/mol. The quantitative estimate of drug-likeness (QED) is 0.176. The van der Waals surface area contributed by atoms with Crippen LogP contribution in [0.5, 0.6) is 11.5 Å². The Balaban J connectivity index is 2.15. The highest BCUT2D eigenvalue weighted by molar-refractivity contribution is 5.86. The number of aliphatic hydroxyl groups is 1. The second-order valence-electron chi connectivity index (χ2n) is 6.90. The summed E-state index contributed by atoms with van der Waals surface area (Å²) in [7, 11) is 1.56. The number of hydroxylamine groups is 1. The molecule has 0 spiro atoms. The number of ether oxygens (including phenoxy) is 3. The molecular formula is C24H28N2O7. The molecule has 0 aliphatic heterocycles. The predicted molar refractivity (Wildman–Crippen MR) is 122 cm³/mol. The largest absolute Gasteiger partial charge is 0.497 e. The number of hydrogen-bond donors (Lipinski definition) is 4. The van der Waals surface area contributed by atoms with Gasteiger partial charge in [-0.05, 0) is 42.0 Å². The van der Waals surface area contributed by atoms with Gasteiger partial charge in [0.05, 0.1) is 13.7 Å². The van der Waals surface area contributed by atoms with E-state index in [-0.39, 0.29) is 19.1 Å². The van der Waals surface area contributed by atoms with Gasteiger partial charge in [0.25, 0.3) is 5.91 Å². The van der Waals surface area contributed by atoms with Crippen molar-refractivity contribution < 1.29 is 34.1 Å². The number of carbonyl (C=O) groups is 2. The van der Waals surface area contributed by atoms with Crippen molar-refractivity contribution in [2.45, 2.75) is 13.0 Å². The standard InChI is InChI=1S/C24H28N2O7/c1-17(5-3-4-6-22(28)26-30)23(18-7-11-21(12-8-18)32-16-15-27)33-24(29)25-19-9-13-20(31-2)14-10-19/h3-14,17,23,27,30H,15-16H2,1-2H3,(H,25,29)(H,26,28)/b5-3+,6-4+/t17-,23-/m1/s1. The number of allylic oxidation sites excluding steroid dienone is 2. The van der Waals surface area contributed by atoms with Crippen molar-refractivity contribution >= 4 is 17.7 Å². The molecule has 2 rings (SSSR count). The Morgan fingerprint density at radius 1 is 1.03 bits per heavy atom. The number of hydrogen-bond acceptors (Lipinski definition) is 7. The van der Waals surface area contributed by atoms with Crippen molar-refractivity contribution in [3.05, 3.63) is 78.4 Å². The molecule has 0 radical (unpaired) electrons. The highest BCUT2D eigenvalue weighted by Crippen LogP contribution is 2.29. The molecule has 0 bridgehead atoms. The fraction of sp³-hybridized carbons (Fsp3) is 0.250. The van der Waals surface area contributed by atoms with Crippen LogP contribution >= 0.6 is 0 Å². The monoisotopic (exact) mass is 456 g/mol. The Morgan fingerprint density at radius 3 is 2.30 bits per heavy atom. The minimum absolute atomic E-state index is 0.0946. The van der Waals surface area contributed by atoms with Crippen molar-refractivity contribution in [1.82, 2.24) is 5.48 Å². The molecule has 0 saturated carbocycles. The summed E-state index contributed by atoms with van der Waals surface area (Å²) in [6, 6.07) is 13.8. The number of anilines is 1. The molecule has 0 saturated heterocycles. The first kappa shape index (κ1) is 25.4. The zero-order valence-electron chi connectivity index (χ0n) is 18.4. The lowest BCUT2D eigenvalue weighted by atomic mass is 9.96. The third-order valence-corrected chi connectivity index (χ3v) is 4.50. The fourth-order valence-corrected chi connectivity index (χ4v) is 2.85. The molecule has 0 aromatic heterocycles. The number of benzene rings is 2. The molecule has 0 aliphatic rings. The molecule has 2 amide bonds. The van der Waals surface area contributed by atoms with E-state index < -0.39 is 18.1 Å². The first-order valence-electron chi connectivity index (χ1n) is 10.2. The summed E-state index contributed by atoms with van der Waals surface area (Å²) in [4.78, 5) is 23.7. The third kappa shape index (κ3) is 8.68. The van der Waals surface area contributed by atoms with Crippen LogP contribution < -0.4 is 20.3 Å². The van der Waals surface area contributed by atoms with Crippen LogP contribution in [0, 0.1) is 5.92 Å². The summed E-state index contributed by atoms with van der Waals surface area (Å²) in [6.45, 7) is 1.94. The van der Waals surface area contributed by atoms with Gasteiger partial charge in [-0.2, -0.15) is 0 Å². The van der Waals surface area contributed by atoms with E-state index in [0.717, 1.165) is 11.6 Å². The Bertz CT molecular complexity index is 940. The Morgan fingerprint density at radius 2 is 1.70 bits per heavy atom. The summed E-state index contributed by atoms with van der Waals surface area (Å²) >= 11 is 0. The lowest BCUT2D eigenvalue weighted by Gasteiger charge is -2.23. The second-order valence-corrected chi connectivity index (χ2v) is 6.90. The van der Waals surface area contributed by atoms with Gasteiger partial charge >= 0.3 is 6.09 Å². The van der Waals surface area contributed by atoms with Crippen molar-refractivity contribution in [3.8, 4) is 11.5 Å². The van der Waals surface area contributed by atoms with Gasteiger partial charge in [-0.15, -0.1) is 0 Å². The van der Waals surface area contributed by atoms with Gasteiger partial charge in [-0.25, -0.2) is 10.3 Å². The molecule has 2 aromatic rings. The SMILES string of the molecule is COc1ccc(NC(=O)O[C@@H](c2ccc(OCCO)cc2)[C@H](C)/C=C/C=C/C(=O)NO)cc1. The third-order valence-electron chi connectivity index (χ3n) is 4.50. The van der Waals surface area contributed by atoms with Crippen molar-refractivity contribution in [3.63, 3.8) is 0 Å². The molecule has 176 valence electrons. The summed E-state index contributed by atoms with van der Waals surface area (Å²) in [6.07, 6.45) is 4.72. The van der Waals surface area contributed by atoms with Crippen LogP contribution in [-0.4, -0.2) is 42.6 Å². The first-order chi connectivity index (χ1) is 16.0. The molecule has 4 N–H and O–H groups in total. The van der Waals surface area contributed by atoms with Crippen LogP contribution in [0.4, 0.5) is 10.5 Å². The Kier molecular flexibility index (Phi) is 10.5. The number of carbonyl (C=O) groups excluding carboxylic acids is 2. The van der Waals surface area contributed by atoms with E-state index in [4.69, 9.17) is 24.5 Å². The molecule has 9 heteroatoms. The van der Waals surface area contributed by atoms with Gasteiger partial charge in [0, 0.05) is 17.7 Å². The van der Waals surface area contributed by atoms with Crippen molar-refractivity contribution in [2.75, 3.05) is 25.6 Å². The zero-order chi connectivity index (χ0) is 24.1. The van der Waals surface area contributed by atoms with E-state index in [0.29, 0.717) is 17.2 Å². The normalized spacial score (nSPS) is 12.8. The molecule has 0 fully saturated rings. The minimum atomic E-state index is -0.655. The topological polar surface area (TPSA) is 126 Å². The van der Waals surface area contributed by atoms with E-state index in [2.05, 4.69) is 5.32 Å². The van der Waals surface area contributed by atoms with Crippen LogP contribution in [0.25, 0.3) is 0 Å². The van der Waals surface area contributed by atoms with E-state index in [1.807, 2.05) is 6.92 Å². The number of methoxy groups -OCH3 is 1. The summed E-state index contributed by atoms with van der Waals surface area (Å²) in [5, 5.41) is 20.1. The van der Waals surface area contributed by atoms with E-state index >= 15 is 0 Å². The maximum atomic E-state index is 12.6. The van der Waals surface area contributed by atoms with Crippen LogP contribution in [0.15, 0.2) is 72.8 Å². The average molecular weight is 456 g/mol.